The zero-order valence-corrected chi connectivity index (χ0v) is 11.5. The first-order chi connectivity index (χ1) is 10.0. The van der Waals surface area contributed by atoms with Crippen LogP contribution in [0, 0.1) is 0 Å². The van der Waals surface area contributed by atoms with E-state index < -0.39 is 5.97 Å². The third kappa shape index (κ3) is 2.52. The Labute approximate surface area is 121 Å². The fourth-order valence-corrected chi connectivity index (χ4v) is 2.49. The first-order valence-corrected chi connectivity index (χ1v) is 6.72. The number of aliphatic carboxylic acids is 1. The summed E-state index contributed by atoms with van der Waals surface area (Å²) < 4.78 is 1.65. The second-order valence-electron chi connectivity index (χ2n) is 5.21. The van der Waals surface area contributed by atoms with Gasteiger partial charge in [0.1, 0.15) is 0 Å². The number of nitrogens with zero attached hydrogens (tertiary/aromatic N) is 2. The number of hydrogen-bond donors (Lipinski definition) is 2. The topological polar surface area (TPSA) is 84.2 Å². The predicted octanol–water partition coefficient (Wildman–Crippen LogP) is 1.83. The summed E-state index contributed by atoms with van der Waals surface area (Å²) in [5.41, 5.74) is 3.57. The van der Waals surface area contributed by atoms with Gasteiger partial charge in [-0.25, -0.2) is 0 Å². The number of fused-ring (bicyclic) bond motifs is 1. The van der Waals surface area contributed by atoms with Gasteiger partial charge in [0.25, 0.3) is 5.91 Å². The van der Waals surface area contributed by atoms with Gasteiger partial charge in [0.05, 0.1) is 18.7 Å². The Balaban J connectivity index is 1.87. The van der Waals surface area contributed by atoms with E-state index in [1.807, 2.05) is 31.3 Å². The van der Waals surface area contributed by atoms with Gasteiger partial charge in [-0.05, 0) is 30.2 Å². The first kappa shape index (κ1) is 13.4. The fraction of sp³-hybridized carbons (Fsp3) is 0.267. The molecule has 1 aliphatic rings. The second-order valence-corrected chi connectivity index (χ2v) is 5.21. The highest BCUT2D eigenvalue weighted by molar-refractivity contribution is 5.98. The van der Waals surface area contributed by atoms with Crippen molar-refractivity contribution in [2.75, 3.05) is 0 Å². The molecule has 6 nitrogen and oxygen atoms in total. The maximum Gasteiger partial charge on any atom is 0.305 e. The molecule has 3 rings (SSSR count). The van der Waals surface area contributed by atoms with Crippen LogP contribution in [0.3, 0.4) is 0 Å². The van der Waals surface area contributed by atoms with Gasteiger partial charge >= 0.3 is 5.97 Å². The van der Waals surface area contributed by atoms with E-state index in [0.29, 0.717) is 12.1 Å². The summed E-state index contributed by atoms with van der Waals surface area (Å²) in [7, 11) is 0. The van der Waals surface area contributed by atoms with Crippen molar-refractivity contribution in [3.8, 4) is 11.1 Å². The molecule has 1 unspecified atom stereocenters. The van der Waals surface area contributed by atoms with E-state index in [1.54, 1.807) is 10.9 Å². The van der Waals surface area contributed by atoms with E-state index in [9.17, 15) is 9.59 Å². The minimum atomic E-state index is -0.846. The first-order valence-electron chi connectivity index (χ1n) is 6.72. The molecule has 21 heavy (non-hydrogen) atoms. The minimum Gasteiger partial charge on any atom is -0.481 e. The van der Waals surface area contributed by atoms with Crippen LogP contribution in [0.4, 0.5) is 0 Å². The van der Waals surface area contributed by atoms with Crippen LogP contribution >= 0.6 is 0 Å². The Bertz CT molecular complexity index is 721. The third-order valence-electron chi connectivity index (χ3n) is 3.65. The summed E-state index contributed by atoms with van der Waals surface area (Å²) in [5.74, 6) is -0.885. The van der Waals surface area contributed by atoms with E-state index in [4.69, 9.17) is 5.11 Å². The van der Waals surface area contributed by atoms with Crippen LogP contribution in [-0.2, 0) is 11.3 Å². The van der Waals surface area contributed by atoms with Crippen LogP contribution in [0.15, 0.2) is 30.6 Å². The number of hydrogen-bond acceptors (Lipinski definition) is 3. The second kappa shape index (κ2) is 5.05. The van der Waals surface area contributed by atoms with Crippen LogP contribution in [0.25, 0.3) is 11.1 Å². The van der Waals surface area contributed by atoms with Gasteiger partial charge in [0, 0.05) is 23.9 Å². The largest absolute Gasteiger partial charge is 0.481 e. The molecule has 2 heterocycles. The average Bonchev–Trinajstić information content (AvgIpc) is 3.05. The molecule has 6 heteroatoms. The molecule has 2 N–H and O–H groups in total. The maximum atomic E-state index is 11.5. The molecule has 0 saturated heterocycles. The van der Waals surface area contributed by atoms with Crippen molar-refractivity contribution in [2.24, 2.45) is 0 Å². The molecule has 0 saturated carbocycles. The van der Waals surface area contributed by atoms with Crippen molar-refractivity contribution in [2.45, 2.75) is 25.9 Å². The Morgan fingerprint density at radius 1 is 1.48 bits per heavy atom. The van der Waals surface area contributed by atoms with Gasteiger partial charge in [0.15, 0.2) is 0 Å². The lowest BCUT2D eigenvalue weighted by Crippen LogP contribution is -2.12. The normalized spacial score (nSPS) is 14.6. The zero-order valence-electron chi connectivity index (χ0n) is 11.5. The van der Waals surface area contributed by atoms with E-state index in [0.717, 1.165) is 16.7 Å². The molecule has 1 aromatic heterocycles. The number of aromatic nitrogens is 2. The molecule has 0 fully saturated rings. The average molecular weight is 285 g/mol. The number of carbonyl (C=O) groups is 2. The molecule has 1 aliphatic heterocycles. The van der Waals surface area contributed by atoms with Gasteiger partial charge in [-0.1, -0.05) is 6.07 Å². The van der Waals surface area contributed by atoms with Crippen molar-refractivity contribution in [1.29, 1.82) is 0 Å². The summed E-state index contributed by atoms with van der Waals surface area (Å²) in [6.45, 7) is 2.36. The van der Waals surface area contributed by atoms with Crippen molar-refractivity contribution < 1.29 is 14.7 Å². The summed E-state index contributed by atoms with van der Waals surface area (Å²) in [4.78, 5) is 22.3. The van der Waals surface area contributed by atoms with Gasteiger partial charge in [-0.3, -0.25) is 14.3 Å². The maximum absolute atomic E-state index is 11.5. The molecular formula is C15H15N3O3. The van der Waals surface area contributed by atoms with E-state index >= 15 is 0 Å². The number of carbonyl (C=O) groups excluding carboxylic acids is 1. The van der Waals surface area contributed by atoms with Crippen LogP contribution in [-0.4, -0.2) is 26.8 Å². The molecule has 108 valence electrons. The quantitative estimate of drug-likeness (QED) is 0.897. The third-order valence-corrected chi connectivity index (χ3v) is 3.65. The molecule has 1 amide bonds. The number of carboxylic acid groups (broad SMARTS) is 1. The molecule has 0 aliphatic carbocycles. The minimum absolute atomic E-state index is 0.0315. The van der Waals surface area contributed by atoms with Crippen molar-refractivity contribution >= 4 is 11.9 Å². The van der Waals surface area contributed by atoms with Crippen LogP contribution < -0.4 is 5.32 Å². The number of nitrogens with one attached hydrogen (secondary N) is 1. The summed E-state index contributed by atoms with van der Waals surface area (Å²) in [6.07, 6.45) is 3.58. The van der Waals surface area contributed by atoms with Gasteiger partial charge in [-0.15, -0.1) is 0 Å². The highest BCUT2D eigenvalue weighted by Crippen LogP contribution is 2.25. The summed E-state index contributed by atoms with van der Waals surface area (Å²) in [5, 5.41) is 15.8. The van der Waals surface area contributed by atoms with Crippen LogP contribution in [0.1, 0.15) is 35.3 Å². The standard InChI is InChI=1S/C15H15N3O3/c1-9(4-14(19)20)18-8-12(7-17-18)10-2-3-13-11(5-10)6-16-15(13)21/h2-3,5,7-9H,4,6H2,1H3,(H,16,21)(H,19,20). The highest BCUT2D eigenvalue weighted by atomic mass is 16.4. The SMILES string of the molecule is CC(CC(=O)O)n1cc(-c2ccc3c(c2)CNC3=O)cn1. The molecule has 0 radical (unpaired) electrons. The lowest BCUT2D eigenvalue weighted by Gasteiger charge is -2.08. The molecule has 1 atom stereocenters. The van der Waals surface area contributed by atoms with Gasteiger partial charge in [0.2, 0.25) is 0 Å². The fourth-order valence-electron chi connectivity index (χ4n) is 2.49. The van der Waals surface area contributed by atoms with Gasteiger partial charge < -0.3 is 10.4 Å². The lowest BCUT2D eigenvalue weighted by molar-refractivity contribution is -0.137. The smallest absolute Gasteiger partial charge is 0.305 e. The monoisotopic (exact) mass is 285 g/mol. The number of amides is 1. The lowest BCUT2D eigenvalue weighted by atomic mass is 10.0. The van der Waals surface area contributed by atoms with E-state index in [2.05, 4.69) is 10.4 Å². The Hall–Kier alpha value is -2.63. The molecule has 1 aromatic carbocycles. The molecule has 0 spiro atoms. The van der Waals surface area contributed by atoms with Crippen molar-refractivity contribution in [3.05, 3.63) is 41.7 Å². The number of benzene rings is 1. The molecule has 0 bridgehead atoms. The molecular weight excluding hydrogens is 270 g/mol. The van der Waals surface area contributed by atoms with E-state index in [1.165, 1.54) is 0 Å². The van der Waals surface area contributed by atoms with Crippen molar-refractivity contribution in [3.63, 3.8) is 0 Å². The van der Waals surface area contributed by atoms with E-state index in [-0.39, 0.29) is 18.4 Å². The number of carboxylic acids is 1. The summed E-state index contributed by atoms with van der Waals surface area (Å²) in [6, 6.07) is 5.46. The summed E-state index contributed by atoms with van der Waals surface area (Å²) >= 11 is 0. The predicted molar refractivity (Wildman–Crippen MR) is 75.8 cm³/mol. The Morgan fingerprint density at radius 3 is 3.05 bits per heavy atom. The number of rotatable bonds is 4. The Morgan fingerprint density at radius 2 is 2.29 bits per heavy atom. The Kier molecular flexibility index (Phi) is 3.21. The highest BCUT2D eigenvalue weighted by Gasteiger charge is 2.19. The van der Waals surface area contributed by atoms with Gasteiger partial charge in [-0.2, -0.15) is 5.10 Å². The van der Waals surface area contributed by atoms with Crippen molar-refractivity contribution in [1.82, 2.24) is 15.1 Å². The van der Waals surface area contributed by atoms with Crippen LogP contribution in [0.5, 0.6) is 0 Å². The zero-order chi connectivity index (χ0) is 15.0. The molecule has 2 aromatic rings. The van der Waals surface area contributed by atoms with Crippen LogP contribution in [0.2, 0.25) is 0 Å².